The Hall–Kier alpha value is -3.09. The van der Waals surface area contributed by atoms with Gasteiger partial charge in [-0.15, -0.1) is 0 Å². The van der Waals surface area contributed by atoms with Gasteiger partial charge >= 0.3 is 6.16 Å². The summed E-state index contributed by atoms with van der Waals surface area (Å²) in [5.74, 6) is 2.20. The Labute approximate surface area is 253 Å². The molecule has 6 heteroatoms. The third-order valence-corrected chi connectivity index (χ3v) is 8.14. The Bertz CT molecular complexity index is 1240. The second-order valence-corrected chi connectivity index (χ2v) is 13.0. The number of ether oxygens (including phenoxy) is 3. The molecule has 2 aliphatic rings. The van der Waals surface area contributed by atoms with Gasteiger partial charge in [0.2, 0.25) is 0 Å². The van der Waals surface area contributed by atoms with Gasteiger partial charge in [0.15, 0.2) is 5.69 Å². The lowest BCUT2D eigenvalue weighted by atomic mass is 9.80. The fourth-order valence-electron chi connectivity index (χ4n) is 5.54. The fourth-order valence-corrected chi connectivity index (χ4v) is 5.54. The summed E-state index contributed by atoms with van der Waals surface area (Å²) in [5.41, 5.74) is 5.81. The number of rotatable bonds is 12. The molecular formula is C36H52NO5+. The second-order valence-electron chi connectivity index (χ2n) is 13.0. The highest BCUT2D eigenvalue weighted by atomic mass is 16.7. The summed E-state index contributed by atoms with van der Waals surface area (Å²) < 4.78 is 17.3. The van der Waals surface area contributed by atoms with Crippen LogP contribution in [-0.2, 0) is 9.47 Å². The first kappa shape index (κ1) is 33.4. The minimum atomic E-state index is -0.763. The zero-order chi connectivity index (χ0) is 30.9. The molecule has 0 aromatic heterocycles. The summed E-state index contributed by atoms with van der Waals surface area (Å²) in [5, 5.41) is 10.0. The van der Waals surface area contributed by atoms with Crippen LogP contribution in [0.3, 0.4) is 0 Å². The van der Waals surface area contributed by atoms with E-state index in [4.69, 9.17) is 14.2 Å². The van der Waals surface area contributed by atoms with Gasteiger partial charge in [0.05, 0.1) is 0 Å². The van der Waals surface area contributed by atoms with E-state index in [9.17, 15) is 10.0 Å². The number of benzene rings is 1. The first-order valence-corrected chi connectivity index (χ1v) is 15.4. The molecule has 0 radical (unpaired) electrons. The Morgan fingerprint density at radius 3 is 2.24 bits per heavy atom. The lowest BCUT2D eigenvalue weighted by Crippen LogP contribution is -2.37. The molecule has 42 heavy (non-hydrogen) atoms. The highest BCUT2D eigenvalue weighted by Crippen LogP contribution is 2.44. The number of hydrogen-bond donors (Lipinski definition) is 1. The first-order valence-electron chi connectivity index (χ1n) is 15.4. The minimum Gasteiger partial charge on any atom is -0.491 e. The van der Waals surface area contributed by atoms with Crippen LogP contribution in [0.5, 0.6) is 5.75 Å². The van der Waals surface area contributed by atoms with Crippen molar-refractivity contribution in [2.24, 2.45) is 5.92 Å². The van der Waals surface area contributed by atoms with Gasteiger partial charge in [-0.2, -0.15) is 4.65 Å². The molecule has 0 amide bonds. The third-order valence-electron chi connectivity index (χ3n) is 8.14. The van der Waals surface area contributed by atoms with Crippen LogP contribution in [0.1, 0.15) is 99.3 Å². The summed E-state index contributed by atoms with van der Waals surface area (Å²) in [6.45, 7) is 13.0. The van der Waals surface area contributed by atoms with Crippen molar-refractivity contribution in [2.75, 3.05) is 14.1 Å². The van der Waals surface area contributed by atoms with Gasteiger partial charge in [0.25, 0.3) is 0 Å². The molecule has 3 rings (SSSR count). The fraction of sp³-hybridized carbons (Fsp3) is 0.528. The Morgan fingerprint density at radius 2 is 1.62 bits per heavy atom. The summed E-state index contributed by atoms with van der Waals surface area (Å²) in [6, 6.07) is 6.71. The van der Waals surface area contributed by atoms with E-state index in [-0.39, 0.29) is 16.2 Å². The van der Waals surface area contributed by atoms with Crippen molar-refractivity contribution in [3.05, 3.63) is 82.4 Å². The monoisotopic (exact) mass is 578 g/mol. The normalized spacial score (nSPS) is 21.3. The van der Waals surface area contributed by atoms with E-state index >= 15 is 0 Å². The number of fused-ring (bicyclic) bond motifs is 1. The van der Waals surface area contributed by atoms with Crippen LogP contribution < -0.4 is 9.38 Å². The van der Waals surface area contributed by atoms with Gasteiger partial charge in [0, 0.05) is 24.5 Å². The van der Waals surface area contributed by atoms with Gasteiger partial charge in [-0.05, 0) is 117 Å². The van der Waals surface area contributed by atoms with E-state index in [1.807, 2.05) is 13.0 Å². The van der Waals surface area contributed by atoms with E-state index in [1.54, 1.807) is 38.4 Å². The Balaban J connectivity index is 1.48. The molecule has 1 aromatic carbocycles. The number of nitrogens with zero attached hydrogens (tertiary/aromatic N) is 1. The average molecular weight is 579 g/mol. The van der Waals surface area contributed by atoms with Crippen LogP contribution >= 0.6 is 0 Å². The molecule has 2 unspecified atom stereocenters. The Morgan fingerprint density at radius 1 is 1.00 bits per heavy atom. The van der Waals surface area contributed by atoms with E-state index in [0.29, 0.717) is 23.6 Å². The van der Waals surface area contributed by atoms with Crippen LogP contribution in [0.15, 0.2) is 82.4 Å². The SMILES string of the molecule is CC(C)=CCC/C(C)=C/CC/C(C)=C/CCC1(C)CCC2CC(OC(=O)Oc3ccc([N+](C)(C)O)cc3)=CC(C)=C2O1. The van der Waals surface area contributed by atoms with Crippen LogP contribution in [-0.4, -0.2) is 31.1 Å². The molecule has 1 N–H and O–H groups in total. The van der Waals surface area contributed by atoms with Gasteiger partial charge < -0.3 is 14.2 Å². The lowest BCUT2D eigenvalue weighted by Gasteiger charge is -2.42. The van der Waals surface area contributed by atoms with E-state index < -0.39 is 6.16 Å². The maximum absolute atomic E-state index is 12.5. The highest BCUT2D eigenvalue weighted by Gasteiger charge is 2.38. The molecule has 1 fully saturated rings. The van der Waals surface area contributed by atoms with Gasteiger partial charge in [-0.25, -0.2) is 10.0 Å². The summed E-state index contributed by atoms with van der Waals surface area (Å²) in [6.07, 6.45) is 17.3. The summed E-state index contributed by atoms with van der Waals surface area (Å²) in [4.78, 5) is 12.5. The maximum Gasteiger partial charge on any atom is 0.519 e. The molecule has 1 aromatic rings. The molecule has 6 nitrogen and oxygen atoms in total. The smallest absolute Gasteiger partial charge is 0.491 e. The molecule has 0 bridgehead atoms. The lowest BCUT2D eigenvalue weighted by molar-refractivity contribution is -0.0469. The molecule has 0 spiro atoms. The molecule has 2 atom stereocenters. The van der Waals surface area contributed by atoms with Gasteiger partial charge in [-0.3, -0.25) is 0 Å². The van der Waals surface area contributed by atoms with E-state index in [0.717, 1.165) is 62.7 Å². The van der Waals surface area contributed by atoms with Crippen LogP contribution in [0, 0.1) is 5.92 Å². The summed E-state index contributed by atoms with van der Waals surface area (Å²) >= 11 is 0. The standard InChI is InChI=1S/C36H52NO5/c1-26(2)12-9-13-27(3)14-10-15-28(4)16-11-22-36(6)23-21-30-25-33(24-29(5)34(30)42-36)41-35(38)40-32-19-17-31(18-20-32)37(7,8)39/h12,14,16-20,24,30,39H,9-11,13,15,21-23,25H2,1-8H3/q+1/b27-14+,28-16+. The van der Waals surface area contributed by atoms with Crippen molar-refractivity contribution >= 4 is 11.8 Å². The first-order chi connectivity index (χ1) is 19.7. The topological polar surface area (TPSA) is 65.0 Å². The number of quaternary nitrogens is 1. The zero-order valence-corrected chi connectivity index (χ0v) is 27.1. The molecule has 1 aliphatic carbocycles. The van der Waals surface area contributed by atoms with Crippen molar-refractivity contribution < 1.29 is 24.2 Å². The molecule has 1 heterocycles. The summed E-state index contributed by atoms with van der Waals surface area (Å²) in [7, 11) is 3.30. The highest BCUT2D eigenvalue weighted by molar-refractivity contribution is 5.65. The molecule has 230 valence electrons. The van der Waals surface area contributed by atoms with Crippen molar-refractivity contribution in [1.82, 2.24) is 4.65 Å². The van der Waals surface area contributed by atoms with Gasteiger partial charge in [-0.1, -0.05) is 34.9 Å². The average Bonchev–Trinajstić information content (AvgIpc) is 2.89. The number of carbonyl (C=O) groups is 1. The van der Waals surface area contributed by atoms with Crippen molar-refractivity contribution in [3.63, 3.8) is 0 Å². The largest absolute Gasteiger partial charge is 0.519 e. The number of carbonyl (C=O) groups excluding carboxylic acids is 1. The quantitative estimate of drug-likeness (QED) is 0.0879. The molecule has 0 saturated carbocycles. The maximum atomic E-state index is 12.5. The Kier molecular flexibility index (Phi) is 11.8. The predicted octanol–water partition coefficient (Wildman–Crippen LogP) is 10.1. The van der Waals surface area contributed by atoms with Crippen molar-refractivity contribution in [3.8, 4) is 5.75 Å². The predicted molar refractivity (Wildman–Crippen MR) is 171 cm³/mol. The number of allylic oxidation sites excluding steroid dienone is 10. The second kappa shape index (κ2) is 14.9. The number of hydrogen-bond acceptors (Lipinski definition) is 5. The molecular weight excluding hydrogens is 526 g/mol. The van der Waals surface area contributed by atoms with E-state index in [1.165, 1.54) is 16.7 Å². The zero-order valence-electron chi connectivity index (χ0n) is 27.1. The van der Waals surface area contributed by atoms with E-state index in [2.05, 4.69) is 52.8 Å². The molecule has 1 saturated heterocycles. The van der Waals surface area contributed by atoms with Crippen molar-refractivity contribution in [2.45, 2.75) is 105 Å². The minimum absolute atomic E-state index is 0.190. The van der Waals surface area contributed by atoms with Crippen LogP contribution in [0.2, 0.25) is 0 Å². The van der Waals surface area contributed by atoms with Crippen LogP contribution in [0.25, 0.3) is 0 Å². The molecule has 1 aliphatic heterocycles. The van der Waals surface area contributed by atoms with Crippen LogP contribution in [0.4, 0.5) is 10.5 Å². The third kappa shape index (κ3) is 10.6. The van der Waals surface area contributed by atoms with Gasteiger partial charge in [0.1, 0.15) is 37.0 Å². The van der Waals surface area contributed by atoms with Crippen molar-refractivity contribution in [1.29, 1.82) is 0 Å². The number of hydroxylamine groups is 2.